The Hall–Kier alpha value is -12.7. The molecule has 28 heteroatoms. The Kier molecular flexibility index (Phi) is 23.8. The predicted octanol–water partition coefficient (Wildman–Crippen LogP) is 15.8. The molecule has 3 aliphatic rings. The van der Waals surface area contributed by atoms with Gasteiger partial charge in [-0.2, -0.15) is 15.0 Å². The third-order valence-electron chi connectivity index (χ3n) is 19.4. The third-order valence-corrected chi connectivity index (χ3v) is 19.4. The molecule has 0 spiro atoms. The van der Waals surface area contributed by atoms with Crippen LogP contribution < -0.4 is 36.2 Å². The minimum absolute atomic E-state index is 0.0681. The number of para-hydroxylation sites is 3. The molecule has 3 aliphatic heterocycles. The van der Waals surface area contributed by atoms with Gasteiger partial charge in [0.1, 0.15) is 45.9 Å². The first-order valence-corrected chi connectivity index (χ1v) is 37.4. The Morgan fingerprint density at radius 1 is 0.381 bits per heavy atom. The lowest BCUT2D eigenvalue weighted by Gasteiger charge is -2.34. The first kappa shape index (κ1) is 78.4. The van der Waals surface area contributed by atoms with Crippen molar-refractivity contribution >= 4 is 12.2 Å². The highest BCUT2D eigenvalue weighted by Crippen LogP contribution is 2.38. The number of carbonyl (C=O) groups excluding carboxylic acids is 2. The zero-order valence-corrected chi connectivity index (χ0v) is 64.2. The Balaban J connectivity index is 0.000000149. The summed E-state index contributed by atoms with van der Waals surface area (Å²) < 4.78 is 80.5. The van der Waals surface area contributed by atoms with Crippen LogP contribution in [0.15, 0.2) is 215 Å². The van der Waals surface area contributed by atoms with Gasteiger partial charge in [-0.15, -0.1) is 0 Å². The summed E-state index contributed by atoms with van der Waals surface area (Å²) in [6, 6.07) is 50.7. The number of likely N-dealkylation sites (tertiary alicyclic amines) is 2. The Morgan fingerprint density at radius 2 is 0.646 bits per heavy atom. The maximum Gasteiger partial charge on any atom is 0.410 e. The molecule has 3 fully saturated rings. The molecule has 3 saturated heterocycles. The van der Waals surface area contributed by atoms with E-state index in [1.54, 1.807) is 131 Å². The molecule has 6 aromatic carbocycles. The smallest absolute Gasteiger partial charge is 0.410 e. The number of piperidine rings is 3. The first-order valence-electron chi connectivity index (χ1n) is 37.4. The van der Waals surface area contributed by atoms with Crippen LogP contribution >= 0.6 is 0 Å². The number of hydrogen-bond acceptors (Lipinski definition) is 17. The zero-order chi connectivity index (χ0) is 79.7. The number of halogens is 3. The number of hydrogen-bond donors (Lipinski definition) is 1. The van der Waals surface area contributed by atoms with Crippen LogP contribution in [0.3, 0.4) is 0 Å². The van der Waals surface area contributed by atoms with Gasteiger partial charge in [-0.05, 0) is 201 Å². The van der Waals surface area contributed by atoms with Crippen molar-refractivity contribution < 1.29 is 46.4 Å². The summed E-state index contributed by atoms with van der Waals surface area (Å²) in [6.07, 6.45) is 8.06. The van der Waals surface area contributed by atoms with Crippen molar-refractivity contribution in [1.29, 1.82) is 0 Å². The maximum absolute atomic E-state index is 14.0. The van der Waals surface area contributed by atoms with Gasteiger partial charge in [0.2, 0.25) is 0 Å². The molecule has 113 heavy (non-hydrogen) atoms. The Bertz CT molecular complexity index is 5250. The molecule has 15 rings (SSSR count). The van der Waals surface area contributed by atoms with Gasteiger partial charge in [0.15, 0.2) is 0 Å². The average Bonchev–Trinajstić information content (AvgIpc) is 1.62. The molecule has 2 amide bonds. The van der Waals surface area contributed by atoms with Gasteiger partial charge >= 0.3 is 30.2 Å². The van der Waals surface area contributed by atoms with Crippen LogP contribution in [-0.2, 0) is 30.6 Å². The van der Waals surface area contributed by atoms with Crippen LogP contribution in [-0.4, -0.2) is 130 Å². The lowest BCUT2D eigenvalue weighted by molar-refractivity contribution is 0.0170. The van der Waals surface area contributed by atoms with E-state index in [0.717, 1.165) is 25.9 Å². The van der Waals surface area contributed by atoms with Crippen molar-refractivity contribution in [2.24, 2.45) is 21.1 Å². The molecule has 1 N–H and O–H groups in total. The van der Waals surface area contributed by atoms with Crippen molar-refractivity contribution in [3.05, 3.63) is 249 Å². The number of nitrogens with one attached hydrogen (secondary N) is 1. The fraction of sp³-hybridized carbons (Fsp3) is 0.306. The number of amides is 2. The summed E-state index contributed by atoms with van der Waals surface area (Å²) in [7, 11) is 5.49. The largest absolute Gasteiger partial charge is 0.444 e. The summed E-state index contributed by atoms with van der Waals surface area (Å²) in [5.41, 5.74) is 4.68. The molecule has 0 aliphatic carbocycles. The van der Waals surface area contributed by atoms with Crippen molar-refractivity contribution in [2.45, 2.75) is 109 Å². The highest BCUT2D eigenvalue weighted by molar-refractivity contribution is 5.82. The van der Waals surface area contributed by atoms with E-state index in [2.05, 4.69) is 35.2 Å². The number of rotatable bonds is 15. The minimum Gasteiger partial charge on any atom is -0.444 e. The second kappa shape index (κ2) is 34.3. The molecule has 0 radical (unpaired) electrons. The van der Waals surface area contributed by atoms with E-state index < -0.39 is 22.8 Å². The van der Waals surface area contributed by atoms with Gasteiger partial charge in [-0.1, -0.05) is 91.0 Å². The lowest BCUT2D eigenvalue weighted by Crippen LogP contribution is -2.43. The summed E-state index contributed by atoms with van der Waals surface area (Å²) in [5.74, 6) is 0.654. The first-order chi connectivity index (χ1) is 54.3. The standard InChI is InChI=1S/2C30H32FN5O4.C25H24FN5O2/c2*1-30(2,3)40-29(38)35-18-15-22(16-19-35)36-27(37)25(20-10-12-21(31)13-11-20)26(34(36)4)24-14-17-32-28(33-24)39-23-8-6-5-7-9-23;1-30-23(21-13-16-28-25(29-21)33-20-5-3-2-4-6-20)22(17-7-9-18(26)10-8-17)24(32)31(30)19-11-14-27-15-12-19/h2*5-14,17,22H,15-16,18-19H2,1-4H3;2-10,13,16,19,27H,11-12,14-15H2,1H3. The highest BCUT2D eigenvalue weighted by atomic mass is 19.1. The summed E-state index contributed by atoms with van der Waals surface area (Å²) in [6.45, 7) is 14.6. The Labute approximate surface area is 650 Å². The van der Waals surface area contributed by atoms with Crippen LogP contribution in [0.5, 0.6) is 35.3 Å². The monoisotopic (exact) mass is 1540 g/mol. The van der Waals surface area contributed by atoms with Crippen LogP contribution in [0.4, 0.5) is 22.8 Å². The van der Waals surface area contributed by atoms with Gasteiger partial charge < -0.3 is 38.8 Å². The molecule has 584 valence electrons. The topological polar surface area (TPSA) is 257 Å². The number of carbonyl (C=O) groups is 2. The van der Waals surface area contributed by atoms with Crippen LogP contribution in [0.25, 0.3) is 67.5 Å². The van der Waals surface area contributed by atoms with Crippen molar-refractivity contribution in [3.63, 3.8) is 0 Å². The number of aromatic nitrogens is 12. The molecule has 0 bridgehead atoms. The molecule has 0 saturated carbocycles. The van der Waals surface area contributed by atoms with Crippen LogP contribution in [0.2, 0.25) is 0 Å². The Morgan fingerprint density at radius 3 is 0.912 bits per heavy atom. The molecular formula is C85H88F3N15O10. The van der Waals surface area contributed by atoms with Crippen molar-refractivity contribution in [2.75, 3.05) is 39.3 Å². The van der Waals surface area contributed by atoms with E-state index in [1.165, 1.54) is 36.4 Å². The van der Waals surface area contributed by atoms with E-state index in [4.69, 9.17) is 23.7 Å². The van der Waals surface area contributed by atoms with Gasteiger partial charge in [-0.25, -0.2) is 51.8 Å². The van der Waals surface area contributed by atoms with Crippen LogP contribution in [0, 0.1) is 17.5 Å². The summed E-state index contributed by atoms with van der Waals surface area (Å²) in [5, 5.41) is 3.34. The van der Waals surface area contributed by atoms with E-state index in [9.17, 15) is 37.1 Å². The van der Waals surface area contributed by atoms with Crippen LogP contribution in [0.1, 0.15) is 98.2 Å². The van der Waals surface area contributed by atoms with E-state index in [-0.39, 0.29) is 70.8 Å². The van der Waals surface area contributed by atoms with E-state index in [1.807, 2.05) is 134 Å². The number of nitrogens with zero attached hydrogens (tertiary/aromatic N) is 14. The molecule has 0 unspecified atom stereocenters. The molecule has 9 heterocycles. The summed E-state index contributed by atoms with van der Waals surface area (Å²) in [4.78, 5) is 96.8. The van der Waals surface area contributed by atoms with E-state index in [0.29, 0.717) is 137 Å². The van der Waals surface area contributed by atoms with Gasteiger partial charge in [-0.3, -0.25) is 28.4 Å². The molecule has 6 aromatic heterocycles. The fourth-order valence-electron chi connectivity index (χ4n) is 14.2. The van der Waals surface area contributed by atoms with Gasteiger partial charge in [0, 0.05) is 65.9 Å². The van der Waals surface area contributed by atoms with E-state index >= 15 is 0 Å². The van der Waals surface area contributed by atoms with Crippen molar-refractivity contribution in [3.8, 4) is 103 Å². The minimum atomic E-state index is -0.581. The molecule has 12 aromatic rings. The number of ether oxygens (including phenoxy) is 5. The SMILES string of the molecule is Cn1c(-c2ccnc(Oc3ccccc3)n2)c(-c2ccc(F)cc2)c(=O)n1C1CCN(C(=O)OC(C)(C)C)CC1.Cn1c(-c2ccnc(Oc3ccccc3)n2)c(-c2ccc(F)cc2)c(=O)n1C1CCN(C(=O)OC(C)(C)C)CC1.Cn1c(-c2ccnc(Oc3ccccc3)n2)c(-c2ccc(F)cc2)c(=O)n1C1CCNCC1. The molecular weight excluding hydrogens is 1450 g/mol. The van der Waals surface area contributed by atoms with Crippen molar-refractivity contribution in [1.82, 2.24) is 73.1 Å². The van der Waals surface area contributed by atoms with Gasteiger partial charge in [0.05, 0.1) is 69.0 Å². The zero-order valence-electron chi connectivity index (χ0n) is 64.2. The fourth-order valence-corrected chi connectivity index (χ4v) is 14.2. The normalized spacial score (nSPS) is 14.3. The predicted molar refractivity (Wildman–Crippen MR) is 421 cm³/mol. The number of benzene rings is 6. The summed E-state index contributed by atoms with van der Waals surface area (Å²) >= 11 is 0. The highest BCUT2D eigenvalue weighted by Gasteiger charge is 2.35. The molecule has 25 nitrogen and oxygen atoms in total. The van der Waals surface area contributed by atoms with Gasteiger partial charge in [0.25, 0.3) is 16.7 Å². The molecule has 0 atom stereocenters. The quantitative estimate of drug-likeness (QED) is 0.100. The second-order valence-corrected chi connectivity index (χ2v) is 29.5. The lowest BCUT2D eigenvalue weighted by atomic mass is 10.0. The maximum atomic E-state index is 14.0. The average molecular weight is 1540 g/mol. The second-order valence-electron chi connectivity index (χ2n) is 29.5. The third kappa shape index (κ3) is 18.5.